The van der Waals surface area contributed by atoms with Gasteiger partial charge in [0.1, 0.15) is 0 Å². The molecule has 1 unspecified atom stereocenters. The average Bonchev–Trinajstić information content (AvgIpc) is 2.46. The Morgan fingerprint density at radius 2 is 2.19 bits per heavy atom. The number of amides is 1. The molecule has 1 aliphatic heterocycles. The van der Waals surface area contributed by atoms with Crippen LogP contribution >= 0.6 is 27.5 Å². The first kappa shape index (κ1) is 16.7. The van der Waals surface area contributed by atoms with Crippen LogP contribution in [0.1, 0.15) is 12.8 Å². The second-order valence-electron chi connectivity index (χ2n) is 4.89. The third kappa shape index (κ3) is 3.59. The number of carbonyl (C=O) groups is 1. The Hall–Kier alpha value is -0.630. The average molecular weight is 396 g/mol. The summed E-state index contributed by atoms with van der Waals surface area (Å²) in [6.45, 7) is 0.627. The zero-order chi connectivity index (χ0) is 15.6. The van der Waals surface area contributed by atoms with E-state index in [1.54, 1.807) is 19.2 Å². The van der Waals surface area contributed by atoms with E-state index in [0.717, 1.165) is 0 Å². The van der Waals surface area contributed by atoms with E-state index in [-0.39, 0.29) is 23.3 Å². The van der Waals surface area contributed by atoms with E-state index in [9.17, 15) is 13.2 Å². The molecule has 0 bridgehead atoms. The number of piperidine rings is 1. The molecular formula is C13H16BrClN2O3S. The maximum atomic E-state index is 12.7. The smallest absolute Gasteiger partial charge is 0.244 e. The minimum absolute atomic E-state index is 0.120. The van der Waals surface area contributed by atoms with Gasteiger partial charge in [-0.1, -0.05) is 11.6 Å². The Labute approximate surface area is 137 Å². The summed E-state index contributed by atoms with van der Waals surface area (Å²) in [4.78, 5) is 11.9. The molecule has 0 aliphatic carbocycles. The van der Waals surface area contributed by atoms with Gasteiger partial charge >= 0.3 is 0 Å². The standard InChI is InChI=1S/C13H16BrClN2O3S/c1-16-13(18)9-3-2-6-17(8-9)21(19,20)12-5-4-10(15)7-11(12)14/h4-5,7,9H,2-3,6,8H2,1H3,(H,16,18). The van der Waals surface area contributed by atoms with Crippen LogP contribution in [0.5, 0.6) is 0 Å². The van der Waals surface area contributed by atoms with E-state index >= 15 is 0 Å². The van der Waals surface area contributed by atoms with Crippen LogP contribution in [0.4, 0.5) is 0 Å². The zero-order valence-electron chi connectivity index (χ0n) is 11.5. The predicted molar refractivity (Wildman–Crippen MR) is 84.7 cm³/mol. The molecule has 5 nitrogen and oxygen atoms in total. The summed E-state index contributed by atoms with van der Waals surface area (Å²) in [5.41, 5.74) is 0. The molecule has 0 radical (unpaired) electrons. The predicted octanol–water partition coefficient (Wildman–Crippen LogP) is 2.25. The Morgan fingerprint density at radius 1 is 1.48 bits per heavy atom. The first-order valence-electron chi connectivity index (χ1n) is 6.53. The molecule has 1 saturated heterocycles. The van der Waals surface area contributed by atoms with Crippen LogP contribution < -0.4 is 5.32 Å². The summed E-state index contributed by atoms with van der Waals surface area (Å²) in [5, 5.41) is 3.04. The molecule has 0 spiro atoms. The van der Waals surface area contributed by atoms with E-state index in [2.05, 4.69) is 21.2 Å². The molecule has 1 atom stereocenters. The third-order valence-electron chi connectivity index (χ3n) is 3.51. The van der Waals surface area contributed by atoms with Crippen LogP contribution in [0.25, 0.3) is 0 Å². The molecule has 116 valence electrons. The van der Waals surface area contributed by atoms with Crippen LogP contribution in [-0.4, -0.2) is 38.8 Å². The van der Waals surface area contributed by atoms with E-state index in [4.69, 9.17) is 11.6 Å². The fraction of sp³-hybridized carbons (Fsp3) is 0.462. The van der Waals surface area contributed by atoms with Gasteiger partial charge in [0.2, 0.25) is 15.9 Å². The van der Waals surface area contributed by atoms with Crippen LogP contribution in [-0.2, 0) is 14.8 Å². The highest BCUT2D eigenvalue weighted by Crippen LogP contribution is 2.30. The van der Waals surface area contributed by atoms with Crippen molar-refractivity contribution in [1.82, 2.24) is 9.62 Å². The van der Waals surface area contributed by atoms with Crippen molar-refractivity contribution in [2.75, 3.05) is 20.1 Å². The van der Waals surface area contributed by atoms with Crippen molar-refractivity contribution in [2.45, 2.75) is 17.7 Å². The second-order valence-corrected chi connectivity index (χ2v) is 8.09. The monoisotopic (exact) mass is 394 g/mol. The van der Waals surface area contributed by atoms with Gasteiger partial charge in [-0.2, -0.15) is 4.31 Å². The van der Waals surface area contributed by atoms with Crippen molar-refractivity contribution < 1.29 is 13.2 Å². The molecule has 1 fully saturated rings. The van der Waals surface area contributed by atoms with Crippen molar-refractivity contribution in [1.29, 1.82) is 0 Å². The number of hydrogen-bond donors (Lipinski definition) is 1. The number of sulfonamides is 1. The summed E-state index contributed by atoms with van der Waals surface area (Å²) in [6.07, 6.45) is 1.37. The minimum atomic E-state index is -3.64. The molecule has 21 heavy (non-hydrogen) atoms. The molecule has 1 amide bonds. The third-order valence-corrected chi connectivity index (χ3v) is 6.59. The van der Waals surface area contributed by atoms with Gasteiger partial charge in [-0.05, 0) is 47.0 Å². The van der Waals surface area contributed by atoms with E-state index in [1.807, 2.05) is 0 Å². The number of nitrogens with one attached hydrogen (secondary N) is 1. The molecule has 1 N–H and O–H groups in total. The molecule has 1 aromatic carbocycles. The summed E-state index contributed by atoms with van der Waals surface area (Å²) in [5.74, 6) is -0.422. The van der Waals surface area contributed by atoms with Gasteiger partial charge in [0.05, 0.1) is 10.8 Å². The molecule has 0 saturated carbocycles. The maximum absolute atomic E-state index is 12.7. The number of hydrogen-bond acceptors (Lipinski definition) is 3. The Bertz CT molecular complexity index is 651. The van der Waals surface area contributed by atoms with Crippen molar-refractivity contribution in [3.05, 3.63) is 27.7 Å². The van der Waals surface area contributed by atoms with Crippen molar-refractivity contribution in [3.8, 4) is 0 Å². The molecular weight excluding hydrogens is 380 g/mol. The lowest BCUT2D eigenvalue weighted by molar-refractivity contribution is -0.125. The zero-order valence-corrected chi connectivity index (χ0v) is 14.6. The fourth-order valence-corrected chi connectivity index (χ4v) is 5.27. The largest absolute Gasteiger partial charge is 0.359 e. The molecule has 2 rings (SSSR count). The lowest BCUT2D eigenvalue weighted by atomic mass is 9.99. The molecule has 0 aromatic heterocycles. The summed E-state index contributed by atoms with van der Waals surface area (Å²) in [7, 11) is -2.08. The van der Waals surface area contributed by atoms with E-state index < -0.39 is 10.0 Å². The van der Waals surface area contributed by atoms with Crippen LogP contribution in [0.2, 0.25) is 5.02 Å². The first-order chi connectivity index (χ1) is 9.86. The van der Waals surface area contributed by atoms with Crippen molar-refractivity contribution in [2.24, 2.45) is 5.92 Å². The van der Waals surface area contributed by atoms with Gasteiger partial charge in [0, 0.05) is 29.6 Å². The van der Waals surface area contributed by atoms with Crippen LogP contribution in [0, 0.1) is 5.92 Å². The Balaban J connectivity index is 2.28. The number of rotatable bonds is 3. The van der Waals surface area contributed by atoms with Gasteiger partial charge in [-0.15, -0.1) is 0 Å². The van der Waals surface area contributed by atoms with Crippen LogP contribution in [0.3, 0.4) is 0 Å². The fourth-order valence-electron chi connectivity index (χ4n) is 2.40. The Kier molecular flexibility index (Phi) is 5.29. The lowest BCUT2D eigenvalue weighted by Gasteiger charge is -2.31. The highest BCUT2D eigenvalue weighted by atomic mass is 79.9. The summed E-state index contributed by atoms with van der Waals surface area (Å²) < 4.78 is 27.2. The SMILES string of the molecule is CNC(=O)C1CCCN(S(=O)(=O)c2ccc(Cl)cc2Br)C1. The van der Waals surface area contributed by atoms with Gasteiger partial charge in [-0.3, -0.25) is 4.79 Å². The molecule has 1 heterocycles. The van der Waals surface area contributed by atoms with Crippen molar-refractivity contribution >= 4 is 43.5 Å². The number of nitrogens with zero attached hydrogens (tertiary/aromatic N) is 1. The minimum Gasteiger partial charge on any atom is -0.359 e. The number of carbonyl (C=O) groups excluding carboxylic acids is 1. The maximum Gasteiger partial charge on any atom is 0.244 e. The lowest BCUT2D eigenvalue weighted by Crippen LogP contribution is -2.44. The number of benzene rings is 1. The van der Waals surface area contributed by atoms with Crippen molar-refractivity contribution in [3.63, 3.8) is 0 Å². The van der Waals surface area contributed by atoms with Gasteiger partial charge in [-0.25, -0.2) is 8.42 Å². The first-order valence-corrected chi connectivity index (χ1v) is 9.14. The van der Waals surface area contributed by atoms with Gasteiger partial charge in [0.15, 0.2) is 0 Å². The van der Waals surface area contributed by atoms with E-state index in [0.29, 0.717) is 28.9 Å². The quantitative estimate of drug-likeness (QED) is 0.853. The number of halogens is 2. The van der Waals surface area contributed by atoms with Crippen LogP contribution in [0.15, 0.2) is 27.6 Å². The topological polar surface area (TPSA) is 66.5 Å². The van der Waals surface area contributed by atoms with E-state index in [1.165, 1.54) is 10.4 Å². The molecule has 1 aromatic rings. The normalized spacial score (nSPS) is 20.2. The molecule has 8 heteroatoms. The second kappa shape index (κ2) is 6.64. The highest BCUT2D eigenvalue weighted by molar-refractivity contribution is 9.10. The summed E-state index contributed by atoms with van der Waals surface area (Å²) >= 11 is 9.08. The summed E-state index contributed by atoms with van der Waals surface area (Å²) in [6, 6.07) is 4.57. The Morgan fingerprint density at radius 3 is 2.81 bits per heavy atom. The van der Waals surface area contributed by atoms with Gasteiger partial charge in [0.25, 0.3) is 0 Å². The van der Waals surface area contributed by atoms with Gasteiger partial charge < -0.3 is 5.32 Å². The molecule has 1 aliphatic rings. The highest BCUT2D eigenvalue weighted by Gasteiger charge is 2.33.